The summed E-state index contributed by atoms with van der Waals surface area (Å²) in [4.78, 5) is 27.7. The SMILES string of the molecule is Cc1ccc(C(=O)Nc2cccc(-c3csc(Nc4cccc(F)c4)n3)c2)cc1[N+](=O)[O-]. The number of nitro benzene ring substituents is 1. The number of rotatable bonds is 6. The number of carbonyl (C=O) groups is 1. The van der Waals surface area contributed by atoms with E-state index >= 15 is 0 Å². The summed E-state index contributed by atoms with van der Waals surface area (Å²) in [5.41, 5.74) is 3.18. The van der Waals surface area contributed by atoms with Crippen LogP contribution in [0, 0.1) is 22.9 Å². The maximum absolute atomic E-state index is 13.4. The molecular formula is C23H17FN4O3S. The van der Waals surface area contributed by atoms with Crippen molar-refractivity contribution < 1.29 is 14.1 Å². The monoisotopic (exact) mass is 448 g/mol. The molecule has 160 valence electrons. The standard InChI is InChI=1S/C23H17FN4O3S/c1-14-8-9-16(11-21(14)28(30)31)22(29)25-18-6-2-4-15(10-18)20-13-32-23(27-20)26-19-7-3-5-17(24)12-19/h2-13H,1H3,(H,25,29)(H,26,27). The maximum Gasteiger partial charge on any atom is 0.273 e. The minimum atomic E-state index is -0.509. The molecule has 1 aromatic heterocycles. The lowest BCUT2D eigenvalue weighted by Crippen LogP contribution is -2.12. The molecule has 0 bridgehead atoms. The quantitative estimate of drug-likeness (QED) is 0.272. The van der Waals surface area contributed by atoms with Gasteiger partial charge in [-0.15, -0.1) is 11.3 Å². The van der Waals surface area contributed by atoms with Crippen molar-refractivity contribution in [2.24, 2.45) is 0 Å². The third-order valence-electron chi connectivity index (χ3n) is 4.66. The molecule has 9 heteroatoms. The molecule has 0 saturated heterocycles. The zero-order chi connectivity index (χ0) is 22.7. The Morgan fingerprint density at radius 3 is 2.62 bits per heavy atom. The van der Waals surface area contributed by atoms with Gasteiger partial charge in [0.1, 0.15) is 5.82 Å². The van der Waals surface area contributed by atoms with E-state index in [1.807, 2.05) is 11.4 Å². The van der Waals surface area contributed by atoms with E-state index in [2.05, 4.69) is 15.6 Å². The Balaban J connectivity index is 1.51. The van der Waals surface area contributed by atoms with E-state index < -0.39 is 10.8 Å². The minimum Gasteiger partial charge on any atom is -0.331 e. The fourth-order valence-electron chi connectivity index (χ4n) is 3.06. The van der Waals surface area contributed by atoms with Gasteiger partial charge >= 0.3 is 0 Å². The van der Waals surface area contributed by atoms with Gasteiger partial charge in [-0.3, -0.25) is 14.9 Å². The number of carbonyl (C=O) groups excluding carboxylic acids is 1. The predicted octanol–water partition coefficient (Wildman–Crippen LogP) is 6.16. The van der Waals surface area contributed by atoms with Crippen LogP contribution in [0.1, 0.15) is 15.9 Å². The highest BCUT2D eigenvalue weighted by Gasteiger charge is 2.15. The molecule has 7 nitrogen and oxygen atoms in total. The number of nitro groups is 1. The number of aryl methyl sites for hydroxylation is 1. The first kappa shape index (κ1) is 21.1. The molecule has 0 radical (unpaired) electrons. The van der Waals surface area contributed by atoms with E-state index in [1.54, 1.807) is 49.4 Å². The van der Waals surface area contributed by atoms with Gasteiger partial charge in [0.2, 0.25) is 0 Å². The molecule has 0 aliphatic heterocycles. The Morgan fingerprint density at radius 2 is 1.84 bits per heavy atom. The summed E-state index contributed by atoms with van der Waals surface area (Å²) in [5, 5.41) is 19.4. The van der Waals surface area contributed by atoms with Gasteiger partial charge < -0.3 is 10.6 Å². The normalized spacial score (nSPS) is 10.6. The van der Waals surface area contributed by atoms with Gasteiger partial charge in [-0.2, -0.15) is 0 Å². The zero-order valence-electron chi connectivity index (χ0n) is 16.8. The van der Waals surface area contributed by atoms with Crippen molar-refractivity contribution >= 4 is 39.4 Å². The lowest BCUT2D eigenvalue weighted by molar-refractivity contribution is -0.385. The molecule has 3 aromatic carbocycles. The zero-order valence-corrected chi connectivity index (χ0v) is 17.7. The third kappa shape index (κ3) is 4.79. The fourth-order valence-corrected chi connectivity index (χ4v) is 3.80. The van der Waals surface area contributed by atoms with Crippen molar-refractivity contribution in [3.8, 4) is 11.3 Å². The summed E-state index contributed by atoms with van der Waals surface area (Å²) in [6.45, 7) is 1.62. The Labute approximate surface area is 186 Å². The molecule has 1 heterocycles. The van der Waals surface area contributed by atoms with Crippen LogP contribution >= 0.6 is 11.3 Å². The smallest absolute Gasteiger partial charge is 0.273 e. The summed E-state index contributed by atoms with van der Waals surface area (Å²) in [5.74, 6) is -0.786. The van der Waals surface area contributed by atoms with Crippen LogP contribution in [-0.4, -0.2) is 15.8 Å². The summed E-state index contributed by atoms with van der Waals surface area (Å²) < 4.78 is 13.4. The second kappa shape index (κ2) is 8.94. The highest BCUT2D eigenvalue weighted by atomic mass is 32.1. The van der Waals surface area contributed by atoms with Crippen molar-refractivity contribution in [1.82, 2.24) is 4.98 Å². The maximum atomic E-state index is 13.4. The first-order chi connectivity index (χ1) is 15.4. The molecule has 0 aliphatic rings. The average Bonchev–Trinajstić information content (AvgIpc) is 3.22. The molecule has 2 N–H and O–H groups in total. The second-order valence-electron chi connectivity index (χ2n) is 6.97. The average molecular weight is 448 g/mol. The summed E-state index contributed by atoms with van der Waals surface area (Å²) in [7, 11) is 0. The van der Waals surface area contributed by atoms with Crippen LogP contribution in [0.15, 0.2) is 72.1 Å². The summed E-state index contributed by atoms with van der Waals surface area (Å²) >= 11 is 1.37. The highest BCUT2D eigenvalue weighted by Crippen LogP contribution is 2.29. The molecule has 0 spiro atoms. The van der Waals surface area contributed by atoms with Gasteiger partial charge in [-0.05, 0) is 43.3 Å². The number of hydrogen-bond donors (Lipinski definition) is 2. The molecule has 0 aliphatic carbocycles. The number of nitrogens with zero attached hydrogens (tertiary/aromatic N) is 2. The van der Waals surface area contributed by atoms with Crippen molar-refractivity contribution in [3.63, 3.8) is 0 Å². The Hall–Kier alpha value is -4.11. The van der Waals surface area contributed by atoms with E-state index in [0.29, 0.717) is 27.8 Å². The first-order valence-electron chi connectivity index (χ1n) is 9.54. The van der Waals surface area contributed by atoms with Gasteiger partial charge in [0, 0.05) is 39.5 Å². The van der Waals surface area contributed by atoms with Crippen LogP contribution in [0.25, 0.3) is 11.3 Å². The van der Waals surface area contributed by atoms with E-state index in [9.17, 15) is 19.3 Å². The van der Waals surface area contributed by atoms with Crippen molar-refractivity contribution in [1.29, 1.82) is 0 Å². The lowest BCUT2D eigenvalue weighted by atomic mass is 10.1. The first-order valence-corrected chi connectivity index (χ1v) is 10.4. The molecule has 4 rings (SSSR count). The summed E-state index contributed by atoms with van der Waals surface area (Å²) in [6, 6.07) is 17.6. The van der Waals surface area contributed by atoms with Gasteiger partial charge in [-0.25, -0.2) is 9.37 Å². The van der Waals surface area contributed by atoms with Gasteiger partial charge in [-0.1, -0.05) is 24.3 Å². The third-order valence-corrected chi connectivity index (χ3v) is 5.42. The lowest BCUT2D eigenvalue weighted by Gasteiger charge is -2.07. The van der Waals surface area contributed by atoms with Crippen molar-refractivity contribution in [2.75, 3.05) is 10.6 Å². The van der Waals surface area contributed by atoms with Crippen LogP contribution in [0.3, 0.4) is 0 Å². The van der Waals surface area contributed by atoms with Crippen molar-refractivity contribution in [2.45, 2.75) is 6.92 Å². The van der Waals surface area contributed by atoms with Gasteiger partial charge in [0.25, 0.3) is 11.6 Å². The topological polar surface area (TPSA) is 97.2 Å². The summed E-state index contributed by atoms with van der Waals surface area (Å²) in [6.07, 6.45) is 0. The van der Waals surface area contributed by atoms with E-state index in [1.165, 1.54) is 29.5 Å². The largest absolute Gasteiger partial charge is 0.331 e. The number of halogens is 1. The molecule has 0 saturated carbocycles. The number of amides is 1. The van der Waals surface area contributed by atoms with E-state index in [4.69, 9.17) is 0 Å². The van der Waals surface area contributed by atoms with Crippen molar-refractivity contribution in [3.05, 3.63) is 99.2 Å². The molecule has 0 fully saturated rings. The van der Waals surface area contributed by atoms with Crippen LogP contribution < -0.4 is 10.6 Å². The molecular weight excluding hydrogens is 431 g/mol. The molecule has 0 unspecified atom stereocenters. The molecule has 4 aromatic rings. The minimum absolute atomic E-state index is 0.104. The predicted molar refractivity (Wildman–Crippen MR) is 123 cm³/mol. The fraction of sp³-hybridized carbons (Fsp3) is 0.0435. The van der Waals surface area contributed by atoms with E-state index in [0.717, 1.165) is 5.56 Å². The Kier molecular flexibility index (Phi) is 5.91. The Bertz CT molecular complexity index is 1320. The number of aromatic nitrogens is 1. The molecule has 32 heavy (non-hydrogen) atoms. The van der Waals surface area contributed by atoms with Gasteiger partial charge in [0.05, 0.1) is 10.6 Å². The number of thiazole rings is 1. The number of anilines is 3. The van der Waals surface area contributed by atoms with E-state index in [-0.39, 0.29) is 17.1 Å². The van der Waals surface area contributed by atoms with Crippen LogP contribution in [0.5, 0.6) is 0 Å². The highest BCUT2D eigenvalue weighted by molar-refractivity contribution is 7.14. The number of benzene rings is 3. The van der Waals surface area contributed by atoms with Crippen LogP contribution in [-0.2, 0) is 0 Å². The van der Waals surface area contributed by atoms with Crippen LogP contribution in [0.2, 0.25) is 0 Å². The second-order valence-corrected chi connectivity index (χ2v) is 7.82. The number of hydrogen-bond acceptors (Lipinski definition) is 6. The van der Waals surface area contributed by atoms with Crippen LogP contribution in [0.4, 0.5) is 26.6 Å². The Morgan fingerprint density at radius 1 is 1.06 bits per heavy atom. The number of nitrogens with one attached hydrogen (secondary N) is 2. The molecule has 0 atom stereocenters. The molecule has 1 amide bonds. The van der Waals surface area contributed by atoms with Gasteiger partial charge in [0.15, 0.2) is 5.13 Å².